The molecule has 7 heteroatoms. The van der Waals surface area contributed by atoms with Crippen LogP contribution in [0.25, 0.3) is 38.2 Å². The number of rotatable bonds is 3. The topological polar surface area (TPSA) is 65.7 Å². The summed E-state index contributed by atoms with van der Waals surface area (Å²) in [6.07, 6.45) is 1.57. The fourth-order valence-electron chi connectivity index (χ4n) is 3.03. The molecule has 0 N–H and O–H groups in total. The Balaban J connectivity index is 1.77. The number of fused-ring (bicyclic) bond motifs is 2. The number of hydrogen-bond acceptors (Lipinski definition) is 6. The van der Waals surface area contributed by atoms with E-state index in [0.717, 1.165) is 43.9 Å². The summed E-state index contributed by atoms with van der Waals surface area (Å²) in [5, 5.41) is 11.6. The highest BCUT2D eigenvalue weighted by atomic mass is 32.1. The van der Waals surface area contributed by atoms with Gasteiger partial charge in [0, 0.05) is 10.9 Å². The highest BCUT2D eigenvalue weighted by molar-refractivity contribution is 7.17. The maximum atomic E-state index is 5.26. The predicted octanol–water partition coefficient (Wildman–Crippen LogP) is 4.10. The standard InChI is InChI=1S/C19H13N5OS/c1-25-13-8-6-12(7-9-13)14-10-26-19-17(14)18(20-11-21-19)24-16-5-3-2-4-15(16)22-23-24/h2-11H,1H3. The van der Waals surface area contributed by atoms with Gasteiger partial charge >= 0.3 is 0 Å². The predicted molar refractivity (Wildman–Crippen MR) is 102 cm³/mol. The lowest BCUT2D eigenvalue weighted by atomic mass is 10.1. The number of para-hydroxylation sites is 1. The first-order valence-corrected chi connectivity index (χ1v) is 8.90. The Morgan fingerprint density at radius 1 is 1.00 bits per heavy atom. The van der Waals surface area contributed by atoms with Crippen LogP contribution >= 0.6 is 11.3 Å². The van der Waals surface area contributed by atoms with Gasteiger partial charge in [-0.25, -0.2) is 9.97 Å². The van der Waals surface area contributed by atoms with Gasteiger partial charge in [-0.1, -0.05) is 29.5 Å². The molecule has 6 nitrogen and oxygen atoms in total. The molecule has 0 atom stereocenters. The third kappa shape index (κ3) is 2.25. The number of ether oxygens (including phenoxy) is 1. The Hall–Kier alpha value is -3.32. The van der Waals surface area contributed by atoms with Crippen molar-refractivity contribution in [2.45, 2.75) is 0 Å². The average Bonchev–Trinajstić information content (AvgIpc) is 3.32. The lowest BCUT2D eigenvalue weighted by molar-refractivity contribution is 0.415. The van der Waals surface area contributed by atoms with Crippen LogP contribution in [0.5, 0.6) is 5.75 Å². The van der Waals surface area contributed by atoms with Crippen LogP contribution in [0.15, 0.2) is 60.2 Å². The zero-order valence-corrected chi connectivity index (χ0v) is 14.6. The van der Waals surface area contributed by atoms with Gasteiger partial charge in [-0.05, 0) is 29.8 Å². The molecule has 0 unspecified atom stereocenters. The summed E-state index contributed by atoms with van der Waals surface area (Å²) in [6, 6.07) is 15.8. The van der Waals surface area contributed by atoms with E-state index in [1.54, 1.807) is 29.5 Å². The van der Waals surface area contributed by atoms with Gasteiger partial charge < -0.3 is 4.74 Å². The van der Waals surface area contributed by atoms with E-state index in [4.69, 9.17) is 4.74 Å². The van der Waals surface area contributed by atoms with E-state index in [-0.39, 0.29) is 0 Å². The first kappa shape index (κ1) is 15.0. The maximum absolute atomic E-state index is 5.26. The molecule has 0 spiro atoms. The molecule has 0 bridgehead atoms. The Bertz CT molecular complexity index is 1230. The van der Waals surface area contributed by atoms with E-state index in [0.29, 0.717) is 0 Å². The van der Waals surface area contributed by atoms with Crippen LogP contribution in [0.2, 0.25) is 0 Å². The molecule has 2 aromatic carbocycles. The molecule has 0 fully saturated rings. The minimum Gasteiger partial charge on any atom is -0.497 e. The molecule has 0 aliphatic heterocycles. The van der Waals surface area contributed by atoms with Gasteiger partial charge in [0.1, 0.15) is 22.4 Å². The van der Waals surface area contributed by atoms with E-state index in [1.807, 2.05) is 48.5 Å². The summed E-state index contributed by atoms with van der Waals surface area (Å²) in [6.45, 7) is 0. The third-order valence-corrected chi connectivity index (χ3v) is 5.19. The lowest BCUT2D eigenvalue weighted by Gasteiger charge is -2.06. The number of benzene rings is 2. The second-order valence-electron chi connectivity index (χ2n) is 5.75. The van der Waals surface area contributed by atoms with Crippen LogP contribution in [0.3, 0.4) is 0 Å². The molecule has 0 aliphatic rings. The molecule has 5 aromatic rings. The van der Waals surface area contributed by atoms with Crippen molar-refractivity contribution in [2.24, 2.45) is 0 Å². The number of aromatic nitrogens is 5. The molecule has 0 radical (unpaired) electrons. The van der Waals surface area contributed by atoms with Crippen LogP contribution in [0.1, 0.15) is 0 Å². The van der Waals surface area contributed by atoms with Crippen LogP contribution in [-0.4, -0.2) is 32.1 Å². The summed E-state index contributed by atoms with van der Waals surface area (Å²) in [5.41, 5.74) is 3.90. The Kier molecular flexibility index (Phi) is 3.39. The lowest BCUT2D eigenvalue weighted by Crippen LogP contribution is -2.01. The molecule has 0 amide bonds. The second kappa shape index (κ2) is 5.89. The Labute approximate surface area is 152 Å². The zero-order valence-electron chi connectivity index (χ0n) is 13.8. The molecule has 0 aliphatic carbocycles. The van der Waals surface area contributed by atoms with E-state index in [9.17, 15) is 0 Å². The average molecular weight is 359 g/mol. The highest BCUT2D eigenvalue weighted by Gasteiger charge is 2.17. The van der Waals surface area contributed by atoms with Gasteiger partial charge in [0.15, 0.2) is 5.82 Å². The van der Waals surface area contributed by atoms with Crippen molar-refractivity contribution in [3.63, 3.8) is 0 Å². The largest absolute Gasteiger partial charge is 0.497 e. The van der Waals surface area contributed by atoms with Crippen molar-refractivity contribution in [3.05, 3.63) is 60.2 Å². The minimum absolute atomic E-state index is 0.732. The Morgan fingerprint density at radius 2 is 1.85 bits per heavy atom. The van der Waals surface area contributed by atoms with Crippen LogP contribution in [0, 0.1) is 0 Å². The molecule has 3 heterocycles. The van der Waals surface area contributed by atoms with Crippen LogP contribution in [-0.2, 0) is 0 Å². The molecule has 5 rings (SSSR count). The zero-order chi connectivity index (χ0) is 17.5. The number of methoxy groups -OCH3 is 1. The molecule has 3 aromatic heterocycles. The molecule has 0 saturated heterocycles. The number of nitrogens with zero attached hydrogens (tertiary/aromatic N) is 5. The van der Waals surface area contributed by atoms with Gasteiger partial charge in [-0.15, -0.1) is 16.4 Å². The van der Waals surface area contributed by atoms with E-state index in [1.165, 1.54) is 0 Å². The maximum Gasteiger partial charge on any atom is 0.168 e. The molecular formula is C19H13N5OS. The number of hydrogen-bond donors (Lipinski definition) is 0. The normalized spacial score (nSPS) is 11.3. The molecule has 0 saturated carbocycles. The van der Waals surface area contributed by atoms with Crippen LogP contribution < -0.4 is 4.74 Å². The van der Waals surface area contributed by atoms with Gasteiger partial charge in [-0.3, -0.25) is 0 Å². The summed E-state index contributed by atoms with van der Waals surface area (Å²) in [5.74, 6) is 1.56. The van der Waals surface area contributed by atoms with Gasteiger partial charge in [0.25, 0.3) is 0 Å². The SMILES string of the molecule is COc1ccc(-c2csc3ncnc(-n4nnc5ccccc54)c23)cc1. The monoisotopic (exact) mass is 359 g/mol. The number of thiophene rings is 1. The van der Waals surface area contributed by atoms with Crippen molar-refractivity contribution >= 4 is 32.6 Å². The molecular weight excluding hydrogens is 346 g/mol. The van der Waals surface area contributed by atoms with Gasteiger partial charge in [0.2, 0.25) is 0 Å². The van der Waals surface area contributed by atoms with Crippen molar-refractivity contribution in [3.8, 4) is 22.7 Å². The quantitative estimate of drug-likeness (QED) is 0.485. The summed E-state index contributed by atoms with van der Waals surface area (Å²) in [4.78, 5) is 9.87. The first-order valence-electron chi connectivity index (χ1n) is 8.02. The summed E-state index contributed by atoms with van der Waals surface area (Å²) in [7, 11) is 1.66. The van der Waals surface area contributed by atoms with Crippen molar-refractivity contribution in [1.29, 1.82) is 0 Å². The Morgan fingerprint density at radius 3 is 2.69 bits per heavy atom. The van der Waals surface area contributed by atoms with Gasteiger partial charge in [0.05, 0.1) is 18.0 Å². The molecule has 26 heavy (non-hydrogen) atoms. The van der Waals surface area contributed by atoms with Crippen LogP contribution in [0.4, 0.5) is 0 Å². The van der Waals surface area contributed by atoms with Crippen molar-refractivity contribution < 1.29 is 4.74 Å². The highest BCUT2D eigenvalue weighted by Crippen LogP contribution is 2.36. The van der Waals surface area contributed by atoms with Crippen molar-refractivity contribution in [2.75, 3.05) is 7.11 Å². The fraction of sp³-hybridized carbons (Fsp3) is 0.0526. The van der Waals surface area contributed by atoms with E-state index >= 15 is 0 Å². The first-order chi connectivity index (χ1) is 12.8. The second-order valence-corrected chi connectivity index (χ2v) is 6.60. The minimum atomic E-state index is 0.732. The summed E-state index contributed by atoms with van der Waals surface area (Å²) >= 11 is 1.59. The van der Waals surface area contributed by atoms with E-state index in [2.05, 4.69) is 25.7 Å². The van der Waals surface area contributed by atoms with Gasteiger partial charge in [-0.2, -0.15) is 4.68 Å². The van der Waals surface area contributed by atoms with Crippen molar-refractivity contribution in [1.82, 2.24) is 25.0 Å². The van der Waals surface area contributed by atoms with E-state index < -0.39 is 0 Å². The summed E-state index contributed by atoms with van der Waals surface area (Å²) < 4.78 is 7.04. The molecule has 126 valence electrons. The third-order valence-electron chi connectivity index (χ3n) is 4.30. The fourth-order valence-corrected chi connectivity index (χ4v) is 3.94. The smallest absolute Gasteiger partial charge is 0.168 e.